The van der Waals surface area contributed by atoms with E-state index in [4.69, 9.17) is 4.74 Å². The van der Waals surface area contributed by atoms with Crippen molar-refractivity contribution in [2.75, 3.05) is 26.2 Å². The molecule has 0 aromatic heterocycles. The van der Waals surface area contributed by atoms with Crippen LogP contribution in [0.1, 0.15) is 54.4 Å². The first-order chi connectivity index (χ1) is 11.8. The van der Waals surface area contributed by atoms with Gasteiger partial charge in [0.1, 0.15) is 5.60 Å². The number of hydrogen-bond donors (Lipinski definition) is 2. The minimum absolute atomic E-state index is 0.192. The molecular formula is C18H35N3O4S. The number of nitrogens with one attached hydrogen (secondary N) is 2. The summed E-state index contributed by atoms with van der Waals surface area (Å²) in [5.74, 6) is 0.549. The van der Waals surface area contributed by atoms with Gasteiger partial charge in [-0.15, -0.1) is 0 Å². The van der Waals surface area contributed by atoms with Gasteiger partial charge in [-0.25, -0.2) is 4.79 Å². The third kappa shape index (κ3) is 8.51. The normalized spacial score (nSPS) is 18.2. The van der Waals surface area contributed by atoms with E-state index in [2.05, 4.69) is 30.8 Å². The van der Waals surface area contributed by atoms with Crippen molar-refractivity contribution < 1.29 is 17.9 Å². The number of carbonyl (C=O) groups is 1. The van der Waals surface area contributed by atoms with Crippen molar-refractivity contribution in [2.45, 2.75) is 60.0 Å². The monoisotopic (exact) mass is 389 g/mol. The van der Waals surface area contributed by atoms with E-state index in [0.29, 0.717) is 19.0 Å². The number of piperidine rings is 1. The summed E-state index contributed by atoms with van der Waals surface area (Å²) in [5.41, 5.74) is -0.322. The summed E-state index contributed by atoms with van der Waals surface area (Å²) < 4.78 is 33.9. The second-order valence-corrected chi connectivity index (χ2v) is 10.5. The Kier molecular flexibility index (Phi) is 8.10. The lowest BCUT2D eigenvalue weighted by Crippen LogP contribution is -2.46. The first kappa shape index (κ1) is 22.9. The highest BCUT2D eigenvalue weighted by atomic mass is 32.2. The van der Waals surface area contributed by atoms with E-state index in [1.165, 1.54) is 4.31 Å². The predicted molar refractivity (Wildman–Crippen MR) is 104 cm³/mol. The molecule has 0 radical (unpaired) electrons. The van der Waals surface area contributed by atoms with Crippen LogP contribution >= 0.6 is 0 Å². The zero-order chi connectivity index (χ0) is 20.0. The molecule has 1 aliphatic heterocycles. The van der Waals surface area contributed by atoms with Gasteiger partial charge in [0.25, 0.3) is 10.2 Å². The van der Waals surface area contributed by atoms with Crippen LogP contribution < -0.4 is 10.0 Å². The minimum Gasteiger partial charge on any atom is -0.444 e. The smallest absolute Gasteiger partial charge is 0.407 e. The van der Waals surface area contributed by atoms with Gasteiger partial charge >= 0.3 is 6.09 Å². The summed E-state index contributed by atoms with van der Waals surface area (Å²) >= 11 is 0. The first-order valence-corrected chi connectivity index (χ1v) is 10.6. The van der Waals surface area contributed by atoms with E-state index in [9.17, 15) is 13.2 Å². The largest absolute Gasteiger partial charge is 0.444 e. The lowest BCUT2D eigenvalue weighted by molar-refractivity contribution is 0.0534. The van der Waals surface area contributed by atoms with Gasteiger partial charge in [0.2, 0.25) is 0 Å². The van der Waals surface area contributed by atoms with E-state index >= 15 is 0 Å². The highest BCUT2D eigenvalue weighted by Crippen LogP contribution is 2.34. The number of nitrogens with zero attached hydrogens (tertiary/aromatic N) is 1. The summed E-state index contributed by atoms with van der Waals surface area (Å²) in [4.78, 5) is 11.5. The van der Waals surface area contributed by atoms with Crippen LogP contribution in [0.15, 0.2) is 12.2 Å². The second kappa shape index (κ2) is 9.19. The highest BCUT2D eigenvalue weighted by molar-refractivity contribution is 7.87. The average molecular weight is 390 g/mol. The Labute approximate surface area is 158 Å². The lowest BCUT2D eigenvalue weighted by atomic mass is 9.76. The van der Waals surface area contributed by atoms with Crippen molar-refractivity contribution in [3.8, 4) is 0 Å². The number of hydrogen-bond acceptors (Lipinski definition) is 4. The van der Waals surface area contributed by atoms with E-state index in [1.54, 1.807) is 32.9 Å². The van der Waals surface area contributed by atoms with Crippen molar-refractivity contribution in [1.82, 2.24) is 14.3 Å². The summed E-state index contributed by atoms with van der Waals surface area (Å²) in [6.45, 7) is 13.6. The van der Waals surface area contributed by atoms with Gasteiger partial charge in [-0.05, 0) is 44.9 Å². The Morgan fingerprint density at radius 1 is 1.08 bits per heavy atom. The summed E-state index contributed by atoms with van der Waals surface area (Å²) in [7, 11) is -3.46. The molecule has 7 nitrogen and oxygen atoms in total. The van der Waals surface area contributed by atoms with Crippen LogP contribution in [0.25, 0.3) is 0 Å². The molecule has 152 valence electrons. The maximum absolute atomic E-state index is 12.3. The van der Waals surface area contributed by atoms with Gasteiger partial charge in [-0.3, -0.25) is 0 Å². The van der Waals surface area contributed by atoms with Gasteiger partial charge in [-0.2, -0.15) is 17.4 Å². The van der Waals surface area contributed by atoms with Crippen LogP contribution in [0.2, 0.25) is 0 Å². The molecule has 26 heavy (non-hydrogen) atoms. The topological polar surface area (TPSA) is 87.7 Å². The van der Waals surface area contributed by atoms with Gasteiger partial charge < -0.3 is 10.1 Å². The van der Waals surface area contributed by atoms with Crippen molar-refractivity contribution in [2.24, 2.45) is 11.3 Å². The third-order valence-corrected chi connectivity index (χ3v) is 5.91. The average Bonchev–Trinajstić information content (AvgIpc) is 2.48. The SMILES string of the molecule is CC(C)(C)OC(=O)NC/C=C/CNS(=O)(=O)N1CCC(C(C)(C)C)CC1. The molecule has 1 amide bonds. The van der Waals surface area contributed by atoms with Gasteiger partial charge in [0, 0.05) is 26.2 Å². The quantitative estimate of drug-likeness (QED) is 0.684. The molecule has 0 aromatic carbocycles. The van der Waals surface area contributed by atoms with Crippen LogP contribution in [-0.4, -0.2) is 50.6 Å². The van der Waals surface area contributed by atoms with Gasteiger partial charge in [0.05, 0.1) is 0 Å². The van der Waals surface area contributed by atoms with Crippen molar-refractivity contribution >= 4 is 16.3 Å². The van der Waals surface area contributed by atoms with Crippen LogP contribution in [0, 0.1) is 11.3 Å². The Morgan fingerprint density at radius 3 is 2.12 bits per heavy atom. The summed E-state index contributed by atoms with van der Waals surface area (Å²) in [6.07, 6.45) is 4.65. The molecule has 0 spiro atoms. The zero-order valence-electron chi connectivity index (χ0n) is 17.0. The molecule has 1 rings (SSSR count). The van der Waals surface area contributed by atoms with Crippen molar-refractivity contribution in [3.63, 3.8) is 0 Å². The number of alkyl carbamates (subject to hydrolysis) is 1. The molecule has 0 saturated carbocycles. The number of rotatable bonds is 6. The van der Waals surface area contributed by atoms with E-state index < -0.39 is 21.9 Å². The number of carbonyl (C=O) groups excluding carboxylic acids is 1. The highest BCUT2D eigenvalue weighted by Gasteiger charge is 2.32. The van der Waals surface area contributed by atoms with Crippen molar-refractivity contribution in [3.05, 3.63) is 12.2 Å². The summed E-state index contributed by atoms with van der Waals surface area (Å²) in [5, 5.41) is 2.58. The van der Waals surface area contributed by atoms with Gasteiger partial charge in [0.15, 0.2) is 0 Å². The Bertz CT molecular complexity index is 581. The summed E-state index contributed by atoms with van der Waals surface area (Å²) in [6, 6.07) is 0. The molecule has 0 unspecified atom stereocenters. The zero-order valence-corrected chi connectivity index (χ0v) is 17.8. The van der Waals surface area contributed by atoms with Crippen molar-refractivity contribution in [1.29, 1.82) is 0 Å². The van der Waals surface area contributed by atoms with Crippen LogP contribution in [0.5, 0.6) is 0 Å². The molecule has 1 heterocycles. The third-order valence-electron chi connectivity index (χ3n) is 4.33. The molecule has 8 heteroatoms. The predicted octanol–water partition coefficient (Wildman–Crippen LogP) is 2.66. The molecule has 2 N–H and O–H groups in total. The molecule has 0 atom stereocenters. The molecular weight excluding hydrogens is 354 g/mol. The van der Waals surface area contributed by atoms with E-state index in [1.807, 2.05) is 0 Å². The molecule has 0 aliphatic carbocycles. The number of amides is 1. The first-order valence-electron chi connectivity index (χ1n) is 9.18. The number of ether oxygens (including phenoxy) is 1. The second-order valence-electron chi connectivity index (χ2n) is 8.75. The maximum Gasteiger partial charge on any atom is 0.407 e. The molecule has 1 fully saturated rings. The van der Waals surface area contributed by atoms with Crippen LogP contribution in [0.3, 0.4) is 0 Å². The molecule has 1 saturated heterocycles. The van der Waals surface area contributed by atoms with Crippen LogP contribution in [-0.2, 0) is 14.9 Å². The van der Waals surface area contributed by atoms with Crippen LogP contribution in [0.4, 0.5) is 4.79 Å². The minimum atomic E-state index is -3.46. The molecule has 0 bridgehead atoms. The lowest BCUT2D eigenvalue weighted by Gasteiger charge is -2.38. The fourth-order valence-electron chi connectivity index (χ4n) is 2.83. The maximum atomic E-state index is 12.3. The Morgan fingerprint density at radius 2 is 1.62 bits per heavy atom. The molecule has 0 aromatic rings. The fraction of sp³-hybridized carbons (Fsp3) is 0.833. The van der Waals surface area contributed by atoms with Gasteiger partial charge in [-0.1, -0.05) is 32.9 Å². The standard InChI is InChI=1S/C18H35N3O4S/c1-17(2,3)15-9-13-21(14-10-15)26(23,24)20-12-8-7-11-19-16(22)25-18(4,5)6/h7-8,15,20H,9-14H2,1-6H3,(H,19,22)/b8-7+. The fourth-order valence-corrected chi connectivity index (χ4v) is 4.01. The van der Waals surface area contributed by atoms with E-state index in [0.717, 1.165) is 12.8 Å². The Hall–Kier alpha value is -1.12. The molecule has 1 aliphatic rings. The van der Waals surface area contributed by atoms with E-state index in [-0.39, 0.29) is 18.5 Å². The Balaban J connectivity index is 2.31.